The summed E-state index contributed by atoms with van der Waals surface area (Å²) in [6.07, 6.45) is 3.60. The number of benzene rings is 1. The third-order valence-corrected chi connectivity index (χ3v) is 4.50. The molecule has 20 heavy (non-hydrogen) atoms. The highest BCUT2D eigenvalue weighted by Gasteiger charge is 2.32. The third-order valence-electron chi connectivity index (χ3n) is 4.50. The molecule has 2 aliphatic rings. The maximum absolute atomic E-state index is 12.6. The quantitative estimate of drug-likeness (QED) is 0.909. The van der Waals surface area contributed by atoms with Crippen molar-refractivity contribution in [2.45, 2.75) is 44.2 Å². The van der Waals surface area contributed by atoms with Crippen LogP contribution in [0.15, 0.2) is 30.3 Å². The summed E-state index contributed by atoms with van der Waals surface area (Å²) in [5.41, 5.74) is 1.12. The van der Waals surface area contributed by atoms with E-state index < -0.39 is 0 Å². The second-order valence-corrected chi connectivity index (χ2v) is 5.84. The third kappa shape index (κ3) is 3.15. The molecule has 2 fully saturated rings. The highest BCUT2D eigenvalue weighted by Crippen LogP contribution is 2.24. The maximum Gasteiger partial charge on any atom is 0.229 e. The van der Waals surface area contributed by atoms with Crippen molar-refractivity contribution in [2.24, 2.45) is 0 Å². The minimum Gasteiger partial charge on any atom is -0.341 e. The first-order chi connectivity index (χ1) is 9.24. The van der Waals surface area contributed by atoms with E-state index in [-0.39, 0.29) is 24.2 Å². The van der Waals surface area contributed by atoms with Crippen LogP contribution in [0, 0.1) is 0 Å². The maximum atomic E-state index is 12.6. The number of amides is 1. The Balaban J connectivity index is 0.00000147. The Bertz CT molecular complexity index is 451. The van der Waals surface area contributed by atoms with E-state index in [1.165, 1.54) is 12.8 Å². The first-order valence-corrected chi connectivity index (χ1v) is 7.34. The van der Waals surface area contributed by atoms with Gasteiger partial charge in [-0.15, -0.1) is 12.4 Å². The van der Waals surface area contributed by atoms with Crippen LogP contribution in [0.3, 0.4) is 0 Å². The normalized spacial score (nSPS) is 26.6. The molecule has 2 aliphatic heterocycles. The number of fused-ring (bicyclic) bond motifs is 2. The molecule has 0 radical (unpaired) electrons. The fraction of sp³-hybridized carbons (Fsp3) is 0.562. The van der Waals surface area contributed by atoms with Crippen LogP contribution in [0.1, 0.15) is 37.7 Å². The van der Waals surface area contributed by atoms with Crippen molar-refractivity contribution < 1.29 is 4.79 Å². The molecule has 0 aliphatic carbocycles. The number of rotatable bonds is 2. The highest BCUT2D eigenvalue weighted by molar-refractivity contribution is 5.85. The van der Waals surface area contributed by atoms with Crippen molar-refractivity contribution in [2.75, 3.05) is 13.1 Å². The second kappa shape index (κ2) is 6.59. The molecule has 1 aromatic carbocycles. The van der Waals surface area contributed by atoms with Crippen LogP contribution >= 0.6 is 12.4 Å². The molecule has 4 heteroatoms. The van der Waals surface area contributed by atoms with E-state index >= 15 is 0 Å². The number of nitrogens with one attached hydrogen (secondary N) is 1. The lowest BCUT2D eigenvalue weighted by molar-refractivity contribution is -0.132. The first-order valence-electron chi connectivity index (χ1n) is 7.34. The van der Waals surface area contributed by atoms with E-state index in [2.05, 4.69) is 10.2 Å². The van der Waals surface area contributed by atoms with Gasteiger partial charge >= 0.3 is 0 Å². The van der Waals surface area contributed by atoms with Gasteiger partial charge in [-0.05, 0) is 31.7 Å². The second-order valence-electron chi connectivity index (χ2n) is 5.84. The van der Waals surface area contributed by atoms with Gasteiger partial charge in [0.25, 0.3) is 0 Å². The number of likely N-dealkylation sites (tertiary alicyclic amines) is 1. The van der Waals surface area contributed by atoms with Gasteiger partial charge in [0.2, 0.25) is 5.91 Å². The fourth-order valence-electron chi connectivity index (χ4n) is 3.30. The van der Waals surface area contributed by atoms with Gasteiger partial charge in [-0.25, -0.2) is 0 Å². The molecule has 0 aromatic heterocycles. The van der Waals surface area contributed by atoms with Gasteiger partial charge in [0.1, 0.15) is 0 Å². The van der Waals surface area contributed by atoms with Crippen molar-refractivity contribution in [1.29, 1.82) is 0 Å². The molecule has 3 unspecified atom stereocenters. The number of nitrogens with zero attached hydrogens (tertiary/aromatic N) is 1. The average molecular weight is 295 g/mol. The van der Waals surface area contributed by atoms with Gasteiger partial charge in [0, 0.05) is 25.2 Å². The highest BCUT2D eigenvalue weighted by atomic mass is 35.5. The Morgan fingerprint density at radius 2 is 1.90 bits per heavy atom. The topological polar surface area (TPSA) is 32.3 Å². The Morgan fingerprint density at radius 1 is 1.20 bits per heavy atom. The van der Waals surface area contributed by atoms with Crippen LogP contribution in [0.2, 0.25) is 0 Å². The largest absolute Gasteiger partial charge is 0.341 e. The molecule has 0 spiro atoms. The lowest BCUT2D eigenvalue weighted by atomic mass is 9.99. The van der Waals surface area contributed by atoms with Crippen LogP contribution in [-0.4, -0.2) is 36.0 Å². The van der Waals surface area contributed by atoms with E-state index in [1.807, 2.05) is 37.3 Å². The van der Waals surface area contributed by atoms with Gasteiger partial charge in [0.15, 0.2) is 0 Å². The van der Waals surface area contributed by atoms with Crippen molar-refractivity contribution in [3.05, 3.63) is 35.9 Å². The summed E-state index contributed by atoms with van der Waals surface area (Å²) in [7, 11) is 0. The van der Waals surface area contributed by atoms with Gasteiger partial charge in [-0.3, -0.25) is 4.79 Å². The molecule has 2 heterocycles. The Hall–Kier alpha value is -1.06. The smallest absolute Gasteiger partial charge is 0.229 e. The number of carbonyl (C=O) groups is 1. The predicted molar refractivity (Wildman–Crippen MR) is 83.2 cm³/mol. The van der Waals surface area contributed by atoms with Crippen molar-refractivity contribution >= 4 is 18.3 Å². The molecular weight excluding hydrogens is 272 g/mol. The number of carbonyl (C=O) groups excluding carboxylic acids is 1. The minimum atomic E-state index is -0.0298. The van der Waals surface area contributed by atoms with E-state index in [0.29, 0.717) is 12.1 Å². The lowest BCUT2D eigenvalue weighted by Crippen LogP contribution is -2.40. The van der Waals surface area contributed by atoms with Gasteiger partial charge in [0.05, 0.1) is 5.92 Å². The Labute approximate surface area is 127 Å². The summed E-state index contributed by atoms with van der Waals surface area (Å²) in [5, 5.41) is 3.62. The molecule has 1 amide bonds. The molecule has 110 valence electrons. The Kier molecular flexibility index (Phi) is 5.06. The van der Waals surface area contributed by atoms with Crippen molar-refractivity contribution in [1.82, 2.24) is 10.2 Å². The molecule has 1 N–H and O–H groups in total. The summed E-state index contributed by atoms with van der Waals surface area (Å²) in [4.78, 5) is 14.7. The van der Waals surface area contributed by atoms with Crippen LogP contribution in [0.4, 0.5) is 0 Å². The lowest BCUT2D eigenvalue weighted by Gasteiger charge is -2.27. The first kappa shape index (κ1) is 15.3. The number of hydrogen-bond acceptors (Lipinski definition) is 2. The number of hydrogen-bond donors (Lipinski definition) is 1. The van der Waals surface area contributed by atoms with Gasteiger partial charge in [-0.1, -0.05) is 30.3 Å². The monoisotopic (exact) mass is 294 g/mol. The van der Waals surface area contributed by atoms with Gasteiger partial charge in [-0.2, -0.15) is 0 Å². The average Bonchev–Trinajstić information content (AvgIpc) is 2.78. The standard InChI is InChI=1S/C16H22N2O.ClH/c1-12(13-5-3-2-4-6-13)16(19)18-10-9-14-7-8-15(11-18)17-14;/h2-6,12,14-15,17H,7-11H2,1H3;1H. The SMILES string of the molecule is CC(C(=O)N1CCC2CCC(C1)N2)c1ccccc1.Cl. The summed E-state index contributed by atoms with van der Waals surface area (Å²) in [5.74, 6) is 0.248. The Morgan fingerprint density at radius 3 is 2.65 bits per heavy atom. The summed E-state index contributed by atoms with van der Waals surface area (Å²) >= 11 is 0. The zero-order valence-electron chi connectivity index (χ0n) is 11.9. The molecular formula is C16H23ClN2O. The minimum absolute atomic E-state index is 0. The van der Waals surface area contributed by atoms with Crippen LogP contribution in [-0.2, 0) is 4.79 Å². The molecule has 3 rings (SSSR count). The summed E-state index contributed by atoms with van der Waals surface area (Å²) in [6.45, 7) is 3.81. The van der Waals surface area contributed by atoms with Crippen LogP contribution in [0.25, 0.3) is 0 Å². The fourth-order valence-corrected chi connectivity index (χ4v) is 3.30. The summed E-state index contributed by atoms with van der Waals surface area (Å²) < 4.78 is 0. The van der Waals surface area contributed by atoms with Crippen molar-refractivity contribution in [3.63, 3.8) is 0 Å². The predicted octanol–water partition coefficient (Wildman–Crippen LogP) is 2.56. The van der Waals surface area contributed by atoms with Crippen LogP contribution in [0.5, 0.6) is 0 Å². The van der Waals surface area contributed by atoms with E-state index in [4.69, 9.17) is 0 Å². The van der Waals surface area contributed by atoms with Gasteiger partial charge < -0.3 is 10.2 Å². The number of halogens is 1. The van der Waals surface area contributed by atoms with E-state index in [1.54, 1.807) is 0 Å². The molecule has 1 aromatic rings. The molecule has 2 bridgehead atoms. The molecule has 0 saturated carbocycles. The molecule has 3 atom stereocenters. The van der Waals surface area contributed by atoms with E-state index in [9.17, 15) is 4.79 Å². The summed E-state index contributed by atoms with van der Waals surface area (Å²) in [6, 6.07) is 11.2. The zero-order chi connectivity index (χ0) is 13.2. The zero-order valence-corrected chi connectivity index (χ0v) is 12.7. The molecule has 2 saturated heterocycles. The van der Waals surface area contributed by atoms with E-state index in [0.717, 1.165) is 25.1 Å². The van der Waals surface area contributed by atoms with Crippen molar-refractivity contribution in [3.8, 4) is 0 Å². The molecule has 3 nitrogen and oxygen atoms in total. The van der Waals surface area contributed by atoms with Crippen LogP contribution < -0.4 is 5.32 Å².